The van der Waals surface area contributed by atoms with Gasteiger partial charge in [0.25, 0.3) is 0 Å². The molecule has 0 aliphatic heterocycles. The average molecular weight is 305 g/mol. The maximum Gasteiger partial charge on any atom is 0.316 e. The number of hydrogen-bond acceptors (Lipinski definition) is 6. The highest BCUT2D eigenvalue weighted by atomic mass is 16.5. The molecule has 0 aliphatic carbocycles. The van der Waals surface area contributed by atoms with Gasteiger partial charge < -0.3 is 19.7 Å². The summed E-state index contributed by atoms with van der Waals surface area (Å²) in [4.78, 5) is 15.8. The van der Waals surface area contributed by atoms with Gasteiger partial charge in [-0.15, -0.1) is 0 Å². The molecule has 0 bridgehead atoms. The van der Waals surface area contributed by atoms with Gasteiger partial charge in [-0.1, -0.05) is 5.16 Å². The minimum Gasteiger partial charge on any atom is -0.491 e. The van der Waals surface area contributed by atoms with E-state index >= 15 is 0 Å². The van der Waals surface area contributed by atoms with Crippen LogP contribution in [0, 0.1) is 0 Å². The van der Waals surface area contributed by atoms with E-state index in [-0.39, 0.29) is 18.6 Å². The molecule has 0 spiro atoms. The molecule has 118 valence electrons. The monoisotopic (exact) mass is 305 g/mol. The molecule has 0 saturated heterocycles. The average Bonchev–Trinajstić information content (AvgIpc) is 2.97. The Kier molecular flexibility index (Phi) is 5.48. The van der Waals surface area contributed by atoms with Crippen molar-refractivity contribution in [2.24, 2.45) is 0 Å². The highest BCUT2D eigenvalue weighted by molar-refractivity contribution is 5.89. The maximum atomic E-state index is 11.7. The van der Waals surface area contributed by atoms with Gasteiger partial charge in [-0.2, -0.15) is 4.98 Å². The minimum absolute atomic E-state index is 0.0140. The largest absolute Gasteiger partial charge is 0.491 e. The van der Waals surface area contributed by atoms with Crippen LogP contribution in [0.2, 0.25) is 0 Å². The highest BCUT2D eigenvalue weighted by Gasteiger charge is 2.15. The van der Waals surface area contributed by atoms with Crippen LogP contribution in [0.15, 0.2) is 28.8 Å². The molecule has 0 fully saturated rings. The third-order valence-electron chi connectivity index (χ3n) is 2.73. The number of benzene rings is 1. The summed E-state index contributed by atoms with van der Waals surface area (Å²) in [7, 11) is 0. The van der Waals surface area contributed by atoms with Gasteiger partial charge in [-0.05, 0) is 44.5 Å². The predicted molar refractivity (Wildman–Crippen MR) is 79.5 cm³/mol. The van der Waals surface area contributed by atoms with Crippen molar-refractivity contribution < 1.29 is 19.2 Å². The van der Waals surface area contributed by atoms with Gasteiger partial charge in [-0.3, -0.25) is 4.79 Å². The Labute approximate surface area is 128 Å². The van der Waals surface area contributed by atoms with Crippen LogP contribution >= 0.6 is 0 Å². The van der Waals surface area contributed by atoms with E-state index in [4.69, 9.17) is 14.4 Å². The second-order valence-electron chi connectivity index (χ2n) is 4.95. The molecule has 7 heteroatoms. The standard InChI is InChI=1S/C15H19N3O4/c1-10(2)21-12-6-4-11(5-7-12)13-17-15(22-18-13)14(20)16-8-3-9-19/h4-7,10,19H,3,8-9H2,1-2H3,(H,16,20). The Hall–Kier alpha value is -2.41. The summed E-state index contributed by atoms with van der Waals surface area (Å²) in [5.74, 6) is 0.537. The van der Waals surface area contributed by atoms with Gasteiger partial charge in [0.05, 0.1) is 6.10 Å². The molecular formula is C15H19N3O4. The number of aliphatic hydroxyl groups excluding tert-OH is 1. The molecule has 1 aromatic heterocycles. The molecule has 2 N–H and O–H groups in total. The zero-order valence-corrected chi connectivity index (χ0v) is 12.6. The van der Waals surface area contributed by atoms with Crippen molar-refractivity contribution in [2.75, 3.05) is 13.2 Å². The summed E-state index contributed by atoms with van der Waals surface area (Å²) < 4.78 is 10.5. The molecule has 1 amide bonds. The lowest BCUT2D eigenvalue weighted by molar-refractivity contribution is 0.0907. The number of aromatic nitrogens is 2. The van der Waals surface area contributed by atoms with Crippen LogP contribution in [0.25, 0.3) is 11.4 Å². The van der Waals surface area contributed by atoms with Crippen molar-refractivity contribution in [1.82, 2.24) is 15.5 Å². The predicted octanol–water partition coefficient (Wildman–Crippen LogP) is 1.64. The van der Waals surface area contributed by atoms with E-state index in [1.54, 1.807) is 12.1 Å². The number of amides is 1. The first kappa shape index (κ1) is 16.0. The Bertz CT molecular complexity index is 608. The van der Waals surface area contributed by atoms with Crippen molar-refractivity contribution in [2.45, 2.75) is 26.4 Å². The smallest absolute Gasteiger partial charge is 0.316 e. The second kappa shape index (κ2) is 7.56. The molecule has 0 unspecified atom stereocenters. The number of aliphatic hydroxyl groups is 1. The van der Waals surface area contributed by atoms with Crippen LogP contribution in [0.3, 0.4) is 0 Å². The molecule has 1 aromatic carbocycles. The Morgan fingerprint density at radius 1 is 1.36 bits per heavy atom. The van der Waals surface area contributed by atoms with E-state index in [0.29, 0.717) is 18.8 Å². The molecule has 0 saturated carbocycles. The van der Waals surface area contributed by atoms with Gasteiger partial charge >= 0.3 is 11.8 Å². The molecule has 2 aromatic rings. The summed E-state index contributed by atoms with van der Waals surface area (Å²) in [6, 6.07) is 7.23. The minimum atomic E-state index is -0.452. The molecule has 2 rings (SSSR count). The molecule has 0 aliphatic rings. The number of rotatable bonds is 7. The highest BCUT2D eigenvalue weighted by Crippen LogP contribution is 2.20. The third-order valence-corrected chi connectivity index (χ3v) is 2.73. The van der Waals surface area contributed by atoms with Crippen LogP contribution in [0.1, 0.15) is 31.0 Å². The first-order valence-electron chi connectivity index (χ1n) is 7.10. The fraction of sp³-hybridized carbons (Fsp3) is 0.400. The second-order valence-corrected chi connectivity index (χ2v) is 4.95. The SMILES string of the molecule is CC(C)Oc1ccc(-c2noc(C(=O)NCCCO)n2)cc1. The van der Waals surface area contributed by atoms with Crippen LogP contribution in [-0.2, 0) is 0 Å². The molecule has 22 heavy (non-hydrogen) atoms. The topological polar surface area (TPSA) is 97.5 Å². The molecular weight excluding hydrogens is 286 g/mol. The van der Waals surface area contributed by atoms with Crippen LogP contribution in [-0.4, -0.2) is 40.4 Å². The van der Waals surface area contributed by atoms with E-state index in [0.717, 1.165) is 11.3 Å². The normalized spacial score (nSPS) is 10.7. The number of nitrogens with one attached hydrogen (secondary N) is 1. The third kappa shape index (κ3) is 4.29. The van der Waals surface area contributed by atoms with Gasteiger partial charge in [0, 0.05) is 18.7 Å². The van der Waals surface area contributed by atoms with Crippen LogP contribution < -0.4 is 10.1 Å². The zero-order chi connectivity index (χ0) is 15.9. The van der Waals surface area contributed by atoms with Crippen LogP contribution in [0.5, 0.6) is 5.75 Å². The van der Waals surface area contributed by atoms with Crippen molar-refractivity contribution >= 4 is 5.91 Å². The Morgan fingerprint density at radius 3 is 2.73 bits per heavy atom. The Morgan fingerprint density at radius 2 is 2.09 bits per heavy atom. The van der Waals surface area contributed by atoms with E-state index in [1.807, 2.05) is 26.0 Å². The fourth-order valence-corrected chi connectivity index (χ4v) is 1.74. The maximum absolute atomic E-state index is 11.7. The number of ether oxygens (including phenoxy) is 1. The lowest BCUT2D eigenvalue weighted by atomic mass is 10.2. The number of carbonyl (C=O) groups excluding carboxylic acids is 1. The summed E-state index contributed by atoms with van der Waals surface area (Å²) in [5, 5.41) is 15.0. The fourth-order valence-electron chi connectivity index (χ4n) is 1.74. The van der Waals surface area contributed by atoms with Crippen molar-refractivity contribution in [3.05, 3.63) is 30.2 Å². The van der Waals surface area contributed by atoms with Gasteiger partial charge in [-0.25, -0.2) is 0 Å². The lowest BCUT2D eigenvalue weighted by Crippen LogP contribution is -2.25. The number of nitrogens with zero attached hydrogens (tertiary/aromatic N) is 2. The van der Waals surface area contributed by atoms with Crippen molar-refractivity contribution in [3.8, 4) is 17.1 Å². The van der Waals surface area contributed by atoms with Gasteiger partial charge in [0.1, 0.15) is 5.75 Å². The van der Waals surface area contributed by atoms with Crippen LogP contribution in [0.4, 0.5) is 0 Å². The van der Waals surface area contributed by atoms with E-state index in [1.165, 1.54) is 0 Å². The number of carbonyl (C=O) groups is 1. The van der Waals surface area contributed by atoms with E-state index in [9.17, 15) is 4.79 Å². The van der Waals surface area contributed by atoms with Crippen molar-refractivity contribution in [3.63, 3.8) is 0 Å². The Balaban J connectivity index is 2.03. The van der Waals surface area contributed by atoms with E-state index in [2.05, 4.69) is 15.5 Å². The lowest BCUT2D eigenvalue weighted by Gasteiger charge is -2.09. The molecule has 0 radical (unpaired) electrons. The first-order valence-corrected chi connectivity index (χ1v) is 7.10. The summed E-state index contributed by atoms with van der Waals surface area (Å²) >= 11 is 0. The zero-order valence-electron chi connectivity index (χ0n) is 12.6. The van der Waals surface area contributed by atoms with Crippen molar-refractivity contribution in [1.29, 1.82) is 0 Å². The first-order chi connectivity index (χ1) is 10.6. The summed E-state index contributed by atoms with van der Waals surface area (Å²) in [5.41, 5.74) is 0.731. The summed E-state index contributed by atoms with van der Waals surface area (Å²) in [6.45, 7) is 4.28. The molecule has 1 heterocycles. The number of hydrogen-bond donors (Lipinski definition) is 2. The quantitative estimate of drug-likeness (QED) is 0.755. The summed E-state index contributed by atoms with van der Waals surface area (Å²) in [6.07, 6.45) is 0.578. The van der Waals surface area contributed by atoms with E-state index < -0.39 is 5.91 Å². The van der Waals surface area contributed by atoms with Gasteiger partial charge in [0.2, 0.25) is 5.82 Å². The molecule has 0 atom stereocenters. The van der Waals surface area contributed by atoms with Gasteiger partial charge in [0.15, 0.2) is 0 Å². The molecule has 7 nitrogen and oxygen atoms in total.